The highest BCUT2D eigenvalue weighted by molar-refractivity contribution is 5.95. The van der Waals surface area contributed by atoms with Crippen LogP contribution in [0.25, 0.3) is 0 Å². The number of aryl methyl sites for hydroxylation is 1. The van der Waals surface area contributed by atoms with Gasteiger partial charge in [0.25, 0.3) is 5.91 Å². The third-order valence-electron chi connectivity index (χ3n) is 3.12. The number of hydrogen-bond donors (Lipinski definition) is 1. The molecule has 106 valence electrons. The van der Waals surface area contributed by atoms with Gasteiger partial charge in [-0.3, -0.25) is 4.79 Å². The van der Waals surface area contributed by atoms with Crippen LogP contribution in [0.2, 0.25) is 0 Å². The molecular formula is C14H18N4O2. The Kier molecular flexibility index (Phi) is 3.93. The summed E-state index contributed by atoms with van der Waals surface area (Å²) >= 11 is 0. The van der Waals surface area contributed by atoms with Gasteiger partial charge in [-0.1, -0.05) is 0 Å². The van der Waals surface area contributed by atoms with E-state index < -0.39 is 0 Å². The van der Waals surface area contributed by atoms with Gasteiger partial charge in [0.2, 0.25) is 0 Å². The molecule has 1 aromatic carbocycles. The minimum absolute atomic E-state index is 0.109. The number of nitrogens with two attached hydrogens (primary N) is 1. The minimum Gasteiger partial charge on any atom is -0.495 e. The summed E-state index contributed by atoms with van der Waals surface area (Å²) in [5.74, 6) is 1.28. The summed E-state index contributed by atoms with van der Waals surface area (Å²) in [6.45, 7) is 0.439. The summed E-state index contributed by atoms with van der Waals surface area (Å²) in [5.41, 5.74) is 6.79. The molecule has 1 aromatic heterocycles. The van der Waals surface area contributed by atoms with Crippen molar-refractivity contribution in [2.45, 2.75) is 6.54 Å². The fourth-order valence-electron chi connectivity index (χ4n) is 1.92. The van der Waals surface area contributed by atoms with Gasteiger partial charge in [-0.05, 0) is 18.2 Å². The van der Waals surface area contributed by atoms with Crippen LogP contribution >= 0.6 is 0 Å². The Hall–Kier alpha value is -2.50. The standard InChI is InChI=1S/C14H18N4O2/c1-17-7-6-16-13(17)9-18(2)14(19)10-4-5-12(20-3)11(15)8-10/h4-8H,9,15H2,1-3H3. The van der Waals surface area contributed by atoms with Crippen LogP contribution in [0, 0.1) is 0 Å². The third kappa shape index (κ3) is 2.74. The Bertz CT molecular complexity index is 621. The number of imidazole rings is 1. The van der Waals surface area contributed by atoms with Gasteiger partial charge < -0.3 is 19.9 Å². The normalized spacial score (nSPS) is 10.3. The molecule has 0 atom stereocenters. The second-order valence-electron chi connectivity index (χ2n) is 4.57. The molecule has 0 aliphatic rings. The second-order valence-corrected chi connectivity index (χ2v) is 4.57. The number of aromatic nitrogens is 2. The quantitative estimate of drug-likeness (QED) is 0.852. The van der Waals surface area contributed by atoms with Crippen molar-refractivity contribution >= 4 is 11.6 Å². The Morgan fingerprint density at radius 3 is 2.80 bits per heavy atom. The first-order valence-corrected chi connectivity index (χ1v) is 6.18. The van der Waals surface area contributed by atoms with Gasteiger partial charge >= 0.3 is 0 Å². The van der Waals surface area contributed by atoms with E-state index >= 15 is 0 Å². The first kappa shape index (κ1) is 13.9. The number of methoxy groups -OCH3 is 1. The molecule has 0 saturated heterocycles. The van der Waals surface area contributed by atoms with Crippen LogP contribution in [0.15, 0.2) is 30.6 Å². The molecule has 0 unspecified atom stereocenters. The Morgan fingerprint density at radius 2 is 2.25 bits per heavy atom. The number of carbonyl (C=O) groups excluding carboxylic acids is 1. The van der Waals surface area contributed by atoms with E-state index in [0.29, 0.717) is 23.5 Å². The molecule has 2 aromatic rings. The molecule has 0 saturated carbocycles. The number of hydrogen-bond acceptors (Lipinski definition) is 4. The molecule has 20 heavy (non-hydrogen) atoms. The summed E-state index contributed by atoms with van der Waals surface area (Å²) in [5, 5.41) is 0. The molecule has 0 aliphatic carbocycles. The summed E-state index contributed by atoms with van der Waals surface area (Å²) in [6, 6.07) is 5.01. The van der Waals surface area contributed by atoms with Crippen LogP contribution < -0.4 is 10.5 Å². The fraction of sp³-hybridized carbons (Fsp3) is 0.286. The van der Waals surface area contributed by atoms with Gasteiger partial charge in [-0.15, -0.1) is 0 Å². The Morgan fingerprint density at radius 1 is 1.50 bits per heavy atom. The number of anilines is 1. The average Bonchev–Trinajstić information content (AvgIpc) is 2.83. The lowest BCUT2D eigenvalue weighted by Crippen LogP contribution is -2.27. The third-order valence-corrected chi connectivity index (χ3v) is 3.12. The highest BCUT2D eigenvalue weighted by Crippen LogP contribution is 2.22. The predicted octanol–water partition coefficient (Wildman–Crippen LogP) is 1.28. The molecule has 0 fully saturated rings. The molecule has 0 radical (unpaired) electrons. The molecule has 0 bridgehead atoms. The Balaban J connectivity index is 2.14. The van der Waals surface area contributed by atoms with Crippen molar-refractivity contribution in [3.8, 4) is 5.75 Å². The number of benzene rings is 1. The highest BCUT2D eigenvalue weighted by atomic mass is 16.5. The van der Waals surface area contributed by atoms with Gasteiger partial charge in [0.15, 0.2) is 0 Å². The topological polar surface area (TPSA) is 73.4 Å². The van der Waals surface area contributed by atoms with Crippen molar-refractivity contribution in [3.63, 3.8) is 0 Å². The van der Waals surface area contributed by atoms with Crippen molar-refractivity contribution in [2.24, 2.45) is 7.05 Å². The van der Waals surface area contributed by atoms with E-state index in [0.717, 1.165) is 5.82 Å². The van der Waals surface area contributed by atoms with Crippen molar-refractivity contribution in [3.05, 3.63) is 42.0 Å². The van der Waals surface area contributed by atoms with Crippen LogP contribution in [0.1, 0.15) is 16.2 Å². The number of carbonyl (C=O) groups is 1. The largest absolute Gasteiger partial charge is 0.495 e. The van der Waals surface area contributed by atoms with E-state index in [1.54, 1.807) is 43.5 Å². The van der Waals surface area contributed by atoms with Crippen LogP contribution in [-0.2, 0) is 13.6 Å². The number of ether oxygens (including phenoxy) is 1. The zero-order valence-electron chi connectivity index (χ0n) is 11.8. The second kappa shape index (κ2) is 5.64. The first-order valence-electron chi connectivity index (χ1n) is 6.18. The molecule has 1 heterocycles. The zero-order chi connectivity index (χ0) is 14.7. The van der Waals surface area contributed by atoms with Crippen LogP contribution in [-0.4, -0.2) is 34.5 Å². The van der Waals surface area contributed by atoms with Gasteiger partial charge in [-0.25, -0.2) is 4.98 Å². The number of nitrogen functional groups attached to an aromatic ring is 1. The maximum Gasteiger partial charge on any atom is 0.254 e. The molecule has 1 amide bonds. The molecule has 6 nitrogen and oxygen atoms in total. The lowest BCUT2D eigenvalue weighted by atomic mass is 10.1. The first-order chi connectivity index (χ1) is 9.52. The predicted molar refractivity (Wildman–Crippen MR) is 76.4 cm³/mol. The van der Waals surface area contributed by atoms with Gasteiger partial charge in [-0.2, -0.15) is 0 Å². The maximum absolute atomic E-state index is 12.3. The van der Waals surface area contributed by atoms with Crippen molar-refractivity contribution in [2.75, 3.05) is 19.9 Å². The van der Waals surface area contributed by atoms with Crippen LogP contribution in [0.4, 0.5) is 5.69 Å². The average molecular weight is 274 g/mol. The van der Waals surface area contributed by atoms with Gasteiger partial charge in [0.1, 0.15) is 11.6 Å². The van der Waals surface area contributed by atoms with E-state index in [2.05, 4.69) is 4.98 Å². The lowest BCUT2D eigenvalue weighted by Gasteiger charge is -2.17. The van der Waals surface area contributed by atoms with E-state index in [4.69, 9.17) is 10.5 Å². The van der Waals surface area contributed by atoms with Gasteiger partial charge in [0.05, 0.1) is 19.3 Å². The number of nitrogens with zero attached hydrogens (tertiary/aromatic N) is 3. The molecule has 2 rings (SSSR count). The summed E-state index contributed by atoms with van der Waals surface area (Å²) in [6.07, 6.45) is 3.55. The molecule has 6 heteroatoms. The maximum atomic E-state index is 12.3. The van der Waals surface area contributed by atoms with Crippen molar-refractivity contribution < 1.29 is 9.53 Å². The molecular weight excluding hydrogens is 256 g/mol. The lowest BCUT2D eigenvalue weighted by molar-refractivity contribution is 0.0780. The van der Waals surface area contributed by atoms with Crippen LogP contribution in [0.5, 0.6) is 5.75 Å². The van der Waals surface area contributed by atoms with Crippen molar-refractivity contribution in [1.29, 1.82) is 0 Å². The SMILES string of the molecule is COc1ccc(C(=O)N(C)Cc2nccn2C)cc1N. The number of amides is 1. The smallest absolute Gasteiger partial charge is 0.254 e. The van der Waals surface area contributed by atoms with E-state index in [9.17, 15) is 4.79 Å². The van der Waals surface area contributed by atoms with Gasteiger partial charge in [0, 0.05) is 32.1 Å². The number of rotatable bonds is 4. The molecule has 0 aliphatic heterocycles. The zero-order valence-corrected chi connectivity index (χ0v) is 11.8. The van der Waals surface area contributed by atoms with Crippen molar-refractivity contribution in [1.82, 2.24) is 14.5 Å². The monoisotopic (exact) mass is 274 g/mol. The van der Waals surface area contributed by atoms with E-state index in [-0.39, 0.29) is 5.91 Å². The molecule has 0 spiro atoms. The van der Waals surface area contributed by atoms with E-state index in [1.165, 1.54) is 0 Å². The summed E-state index contributed by atoms with van der Waals surface area (Å²) in [4.78, 5) is 18.1. The minimum atomic E-state index is -0.109. The summed E-state index contributed by atoms with van der Waals surface area (Å²) < 4.78 is 6.96. The molecule has 2 N–H and O–H groups in total. The summed E-state index contributed by atoms with van der Waals surface area (Å²) in [7, 11) is 5.17. The Labute approximate surface area is 117 Å². The van der Waals surface area contributed by atoms with E-state index in [1.807, 2.05) is 17.8 Å². The fourth-order valence-corrected chi connectivity index (χ4v) is 1.92. The highest BCUT2D eigenvalue weighted by Gasteiger charge is 2.15. The van der Waals surface area contributed by atoms with Crippen LogP contribution in [0.3, 0.4) is 0 Å².